The first kappa shape index (κ1) is 16.4. The second-order valence-electron chi connectivity index (χ2n) is 6.39. The van der Waals surface area contributed by atoms with Crippen LogP contribution in [-0.4, -0.2) is 32.4 Å². The van der Waals surface area contributed by atoms with Gasteiger partial charge in [-0.3, -0.25) is 4.99 Å². The predicted molar refractivity (Wildman–Crippen MR) is 102 cm³/mol. The molecule has 2 aliphatic rings. The average Bonchev–Trinajstić information content (AvgIpc) is 2.95. The van der Waals surface area contributed by atoms with Crippen LogP contribution in [0.15, 0.2) is 46.4 Å². The van der Waals surface area contributed by atoms with Gasteiger partial charge in [-0.1, -0.05) is 6.07 Å². The van der Waals surface area contributed by atoms with E-state index in [1.807, 2.05) is 37.3 Å². The van der Waals surface area contributed by atoms with Crippen LogP contribution < -0.4 is 19.9 Å². The second-order valence-corrected chi connectivity index (χ2v) is 6.39. The normalized spacial score (nSPS) is 20.9. The van der Waals surface area contributed by atoms with Gasteiger partial charge in [0, 0.05) is 17.5 Å². The molecular weight excluding hydrogens is 330 g/mol. The molecule has 6 heteroatoms. The van der Waals surface area contributed by atoms with Crippen molar-refractivity contribution in [3.05, 3.63) is 42.0 Å². The van der Waals surface area contributed by atoms with Crippen LogP contribution in [0.2, 0.25) is 0 Å². The molecule has 1 atom stereocenters. The maximum absolute atomic E-state index is 6.02. The largest absolute Gasteiger partial charge is 0.497 e. The van der Waals surface area contributed by atoms with Gasteiger partial charge in [0.1, 0.15) is 23.1 Å². The quantitative estimate of drug-likeness (QED) is 0.921. The topological polar surface area (TPSA) is 78.4 Å². The summed E-state index contributed by atoms with van der Waals surface area (Å²) in [5.74, 6) is 2.81. The van der Waals surface area contributed by atoms with Gasteiger partial charge in [0.2, 0.25) is 0 Å². The summed E-state index contributed by atoms with van der Waals surface area (Å²) in [6.07, 6.45) is 0.663. The van der Waals surface area contributed by atoms with Crippen molar-refractivity contribution in [3.63, 3.8) is 0 Å². The lowest BCUT2D eigenvalue weighted by atomic mass is 9.91. The zero-order chi connectivity index (χ0) is 18.3. The molecule has 2 aromatic rings. The molecular formula is C20H21N3O3. The minimum absolute atomic E-state index is 0.488. The van der Waals surface area contributed by atoms with E-state index in [0.717, 1.165) is 39.7 Å². The molecule has 4 rings (SSSR count). The zero-order valence-corrected chi connectivity index (χ0v) is 15.1. The van der Waals surface area contributed by atoms with Gasteiger partial charge in [0.15, 0.2) is 5.66 Å². The van der Waals surface area contributed by atoms with Crippen molar-refractivity contribution in [1.29, 1.82) is 0 Å². The van der Waals surface area contributed by atoms with Crippen molar-refractivity contribution in [2.75, 3.05) is 20.8 Å². The lowest BCUT2D eigenvalue weighted by molar-refractivity contribution is 0.225. The Balaban J connectivity index is 1.88. The summed E-state index contributed by atoms with van der Waals surface area (Å²) in [5, 5.41) is 0. The molecule has 0 radical (unpaired) electrons. The second kappa shape index (κ2) is 6.05. The minimum Gasteiger partial charge on any atom is -0.497 e. The Labute approximate surface area is 152 Å². The molecule has 1 unspecified atom stereocenters. The molecule has 2 N–H and O–H groups in total. The van der Waals surface area contributed by atoms with Crippen LogP contribution in [0, 0.1) is 0 Å². The van der Waals surface area contributed by atoms with Gasteiger partial charge >= 0.3 is 0 Å². The molecule has 2 aliphatic heterocycles. The Morgan fingerprint density at radius 1 is 1.08 bits per heavy atom. The molecule has 0 fully saturated rings. The molecule has 2 aromatic carbocycles. The molecule has 6 nitrogen and oxygen atoms in total. The lowest BCUT2D eigenvalue weighted by Gasteiger charge is -2.31. The molecule has 134 valence electrons. The van der Waals surface area contributed by atoms with E-state index in [-0.39, 0.29) is 0 Å². The van der Waals surface area contributed by atoms with Gasteiger partial charge in [0.25, 0.3) is 0 Å². The van der Waals surface area contributed by atoms with Crippen LogP contribution in [-0.2, 0) is 5.66 Å². The third kappa shape index (κ3) is 2.49. The van der Waals surface area contributed by atoms with Gasteiger partial charge in [-0.2, -0.15) is 0 Å². The van der Waals surface area contributed by atoms with Crippen LogP contribution in [0.1, 0.15) is 18.9 Å². The number of nitrogens with zero attached hydrogens (tertiary/aromatic N) is 2. The molecule has 2 heterocycles. The number of rotatable bonds is 3. The number of amidine groups is 1. The summed E-state index contributed by atoms with van der Waals surface area (Å²) in [6.45, 7) is 2.44. The fourth-order valence-corrected chi connectivity index (χ4v) is 3.49. The number of ether oxygens (including phenoxy) is 3. The number of hydrogen-bond donors (Lipinski definition) is 1. The van der Waals surface area contributed by atoms with Crippen molar-refractivity contribution >= 4 is 11.5 Å². The summed E-state index contributed by atoms with van der Waals surface area (Å²) in [5.41, 5.74) is 8.93. The fourth-order valence-electron chi connectivity index (χ4n) is 3.49. The van der Waals surface area contributed by atoms with E-state index in [9.17, 15) is 0 Å². The Bertz CT molecular complexity index is 916. The molecule has 1 spiro atoms. The SMILES string of the molecule is COc1ccc(OC)c(-c2ccc3c(c2)C2(CCO3)N=C(C)C(N)=N2)c1. The maximum Gasteiger partial charge on any atom is 0.185 e. The number of nitrogens with two attached hydrogens (primary N) is 1. The molecule has 0 amide bonds. The summed E-state index contributed by atoms with van der Waals surface area (Å²) >= 11 is 0. The van der Waals surface area contributed by atoms with Crippen LogP contribution in [0.4, 0.5) is 0 Å². The average molecular weight is 351 g/mol. The highest BCUT2D eigenvalue weighted by atomic mass is 16.5. The fraction of sp³-hybridized carbons (Fsp3) is 0.300. The number of fused-ring (bicyclic) bond motifs is 2. The number of hydrogen-bond acceptors (Lipinski definition) is 6. The summed E-state index contributed by atoms with van der Waals surface area (Å²) in [7, 11) is 3.30. The van der Waals surface area contributed by atoms with Gasteiger partial charge in [-0.05, 0) is 42.8 Å². The van der Waals surface area contributed by atoms with Crippen molar-refractivity contribution in [2.24, 2.45) is 15.7 Å². The van der Waals surface area contributed by atoms with Crippen LogP contribution >= 0.6 is 0 Å². The van der Waals surface area contributed by atoms with Gasteiger partial charge in [-0.15, -0.1) is 0 Å². The molecule has 0 aromatic heterocycles. The first-order chi connectivity index (χ1) is 12.6. The Kier molecular flexibility index (Phi) is 3.83. The van der Waals surface area contributed by atoms with Crippen LogP contribution in [0.25, 0.3) is 11.1 Å². The highest BCUT2D eigenvalue weighted by Gasteiger charge is 2.41. The first-order valence-corrected chi connectivity index (χ1v) is 8.48. The highest BCUT2D eigenvalue weighted by molar-refractivity contribution is 6.41. The van der Waals surface area contributed by atoms with E-state index in [1.165, 1.54) is 0 Å². The molecule has 0 saturated heterocycles. The molecule has 0 aliphatic carbocycles. The molecule has 0 saturated carbocycles. The highest BCUT2D eigenvalue weighted by Crippen LogP contribution is 2.45. The van der Waals surface area contributed by atoms with Crippen molar-refractivity contribution in [3.8, 4) is 28.4 Å². The van der Waals surface area contributed by atoms with Crippen molar-refractivity contribution in [1.82, 2.24) is 0 Å². The molecule has 0 bridgehead atoms. The predicted octanol–water partition coefficient (Wildman–Crippen LogP) is 3.14. The Morgan fingerprint density at radius 2 is 1.92 bits per heavy atom. The van der Waals surface area contributed by atoms with E-state index in [2.05, 4.69) is 11.1 Å². The summed E-state index contributed by atoms with van der Waals surface area (Å²) < 4.78 is 16.7. The van der Waals surface area contributed by atoms with Crippen molar-refractivity contribution in [2.45, 2.75) is 19.0 Å². The van der Waals surface area contributed by atoms with E-state index >= 15 is 0 Å². The van der Waals surface area contributed by atoms with E-state index in [1.54, 1.807) is 14.2 Å². The minimum atomic E-state index is -0.691. The van der Waals surface area contributed by atoms with Crippen LogP contribution in [0.3, 0.4) is 0 Å². The standard InChI is InChI=1S/C20H21N3O3/c1-12-19(21)23-20(22-12)8-9-26-18-6-4-13(10-16(18)20)15-11-14(24-2)5-7-17(15)25-3/h4-7,10-11H,8-9H2,1-3H3,(H2,21,23). The first-order valence-electron chi connectivity index (χ1n) is 8.48. The number of methoxy groups -OCH3 is 2. The van der Waals surface area contributed by atoms with Gasteiger partial charge in [0.05, 0.1) is 26.5 Å². The number of aliphatic imine (C=N–C) groups is 2. The van der Waals surface area contributed by atoms with Crippen molar-refractivity contribution < 1.29 is 14.2 Å². The Morgan fingerprint density at radius 3 is 2.62 bits per heavy atom. The third-order valence-electron chi connectivity index (χ3n) is 4.87. The number of benzene rings is 2. The third-order valence-corrected chi connectivity index (χ3v) is 4.87. The van der Waals surface area contributed by atoms with E-state index in [4.69, 9.17) is 24.9 Å². The molecule has 26 heavy (non-hydrogen) atoms. The maximum atomic E-state index is 6.02. The summed E-state index contributed by atoms with van der Waals surface area (Å²) in [6, 6.07) is 11.8. The van der Waals surface area contributed by atoms with Gasteiger partial charge < -0.3 is 19.9 Å². The monoisotopic (exact) mass is 351 g/mol. The summed E-state index contributed by atoms with van der Waals surface area (Å²) in [4.78, 5) is 9.43. The van der Waals surface area contributed by atoms with Gasteiger partial charge in [-0.25, -0.2) is 4.99 Å². The van der Waals surface area contributed by atoms with Crippen LogP contribution in [0.5, 0.6) is 17.2 Å². The van der Waals surface area contributed by atoms with E-state index < -0.39 is 5.66 Å². The zero-order valence-electron chi connectivity index (χ0n) is 15.1. The Hall–Kier alpha value is -3.02. The lowest BCUT2D eigenvalue weighted by Crippen LogP contribution is -2.28. The van der Waals surface area contributed by atoms with E-state index in [0.29, 0.717) is 18.9 Å². The smallest absolute Gasteiger partial charge is 0.185 e.